The van der Waals surface area contributed by atoms with Crippen molar-refractivity contribution >= 4 is 11.9 Å². The summed E-state index contributed by atoms with van der Waals surface area (Å²) in [4.78, 5) is 21.8. The second kappa shape index (κ2) is 12.9. The molecule has 1 atom stereocenters. The SMILES string of the molecule is CCCCCC(=O)OCC(CO)CCCCCC(=O)O. The number of aliphatic hydroxyl groups excluding tert-OH is 1. The minimum atomic E-state index is -0.773. The molecule has 0 saturated heterocycles. The Bertz CT molecular complexity index is 265. The fourth-order valence-electron chi connectivity index (χ4n) is 1.92. The summed E-state index contributed by atoms with van der Waals surface area (Å²) in [6, 6.07) is 0. The number of aliphatic carboxylic acids is 1. The summed E-state index contributed by atoms with van der Waals surface area (Å²) in [6.45, 7) is 2.35. The van der Waals surface area contributed by atoms with Crippen LogP contribution in [0, 0.1) is 5.92 Å². The van der Waals surface area contributed by atoms with Crippen molar-refractivity contribution < 1.29 is 24.5 Å². The van der Waals surface area contributed by atoms with Crippen molar-refractivity contribution in [1.82, 2.24) is 0 Å². The lowest BCUT2D eigenvalue weighted by molar-refractivity contribution is -0.145. The zero-order valence-electron chi connectivity index (χ0n) is 12.5. The minimum Gasteiger partial charge on any atom is -0.481 e. The van der Waals surface area contributed by atoms with Crippen LogP contribution in [0.25, 0.3) is 0 Å². The number of ether oxygens (including phenoxy) is 1. The molecule has 0 aromatic rings. The lowest BCUT2D eigenvalue weighted by Crippen LogP contribution is -2.17. The van der Waals surface area contributed by atoms with E-state index >= 15 is 0 Å². The van der Waals surface area contributed by atoms with Gasteiger partial charge in [0.25, 0.3) is 0 Å². The lowest BCUT2D eigenvalue weighted by atomic mass is 10.0. The van der Waals surface area contributed by atoms with Crippen LogP contribution in [-0.4, -0.2) is 35.4 Å². The van der Waals surface area contributed by atoms with Crippen LogP contribution in [0.15, 0.2) is 0 Å². The fraction of sp³-hybridized carbons (Fsp3) is 0.867. The lowest BCUT2D eigenvalue weighted by Gasteiger charge is -2.14. The number of carbonyl (C=O) groups excluding carboxylic acids is 1. The second-order valence-corrected chi connectivity index (χ2v) is 5.18. The number of carbonyl (C=O) groups is 2. The number of unbranched alkanes of at least 4 members (excludes halogenated alkanes) is 4. The molecule has 1 unspecified atom stereocenters. The van der Waals surface area contributed by atoms with Crippen molar-refractivity contribution in [2.24, 2.45) is 5.92 Å². The van der Waals surface area contributed by atoms with Crippen LogP contribution in [0.2, 0.25) is 0 Å². The number of aliphatic hydroxyl groups is 1. The summed E-state index contributed by atoms with van der Waals surface area (Å²) in [7, 11) is 0. The van der Waals surface area contributed by atoms with E-state index in [1.54, 1.807) is 0 Å². The van der Waals surface area contributed by atoms with E-state index in [1.807, 2.05) is 0 Å². The quantitative estimate of drug-likeness (QED) is 0.402. The average molecular weight is 288 g/mol. The molecule has 5 heteroatoms. The Labute approximate surface area is 121 Å². The first-order valence-corrected chi connectivity index (χ1v) is 7.58. The van der Waals surface area contributed by atoms with Crippen LogP contribution in [0.4, 0.5) is 0 Å². The molecule has 0 bridgehead atoms. The zero-order chi connectivity index (χ0) is 15.2. The van der Waals surface area contributed by atoms with E-state index in [2.05, 4.69) is 6.92 Å². The summed E-state index contributed by atoms with van der Waals surface area (Å²) in [5, 5.41) is 17.7. The Morgan fingerprint density at radius 2 is 1.75 bits per heavy atom. The molecule has 0 amide bonds. The Kier molecular flexibility index (Phi) is 12.2. The second-order valence-electron chi connectivity index (χ2n) is 5.18. The molecule has 0 radical (unpaired) electrons. The number of rotatable bonds is 13. The number of esters is 1. The molecule has 0 aromatic heterocycles. The van der Waals surface area contributed by atoms with Gasteiger partial charge in [0.1, 0.15) is 0 Å². The van der Waals surface area contributed by atoms with Crippen LogP contribution in [0.3, 0.4) is 0 Å². The van der Waals surface area contributed by atoms with Gasteiger partial charge in [-0.3, -0.25) is 9.59 Å². The molecule has 0 fully saturated rings. The molecule has 2 N–H and O–H groups in total. The third kappa shape index (κ3) is 12.0. The first-order chi connectivity index (χ1) is 9.60. The Hall–Kier alpha value is -1.10. The number of hydrogen-bond acceptors (Lipinski definition) is 4. The van der Waals surface area contributed by atoms with Crippen LogP contribution in [-0.2, 0) is 14.3 Å². The van der Waals surface area contributed by atoms with Crippen LogP contribution < -0.4 is 0 Å². The van der Waals surface area contributed by atoms with Gasteiger partial charge in [0, 0.05) is 25.4 Å². The number of carboxylic acids is 1. The predicted molar refractivity (Wildman–Crippen MR) is 76.4 cm³/mol. The van der Waals surface area contributed by atoms with Gasteiger partial charge in [0.15, 0.2) is 0 Å². The van der Waals surface area contributed by atoms with E-state index in [0.29, 0.717) is 12.8 Å². The fourth-order valence-corrected chi connectivity index (χ4v) is 1.92. The molecule has 0 saturated carbocycles. The van der Waals surface area contributed by atoms with Gasteiger partial charge in [-0.15, -0.1) is 0 Å². The molecule has 0 spiro atoms. The smallest absolute Gasteiger partial charge is 0.305 e. The van der Waals surface area contributed by atoms with E-state index < -0.39 is 5.97 Å². The highest BCUT2D eigenvalue weighted by molar-refractivity contribution is 5.69. The first kappa shape index (κ1) is 18.9. The summed E-state index contributed by atoms with van der Waals surface area (Å²) in [5.41, 5.74) is 0. The number of carboxylic acid groups (broad SMARTS) is 1. The molecule has 5 nitrogen and oxygen atoms in total. The third-order valence-electron chi connectivity index (χ3n) is 3.23. The minimum absolute atomic E-state index is 0.00116. The largest absolute Gasteiger partial charge is 0.481 e. The maximum Gasteiger partial charge on any atom is 0.305 e. The molecule has 0 aromatic carbocycles. The van der Waals surface area contributed by atoms with Gasteiger partial charge in [-0.25, -0.2) is 0 Å². The van der Waals surface area contributed by atoms with Crippen LogP contribution in [0.1, 0.15) is 64.7 Å². The van der Waals surface area contributed by atoms with Gasteiger partial charge in [0.2, 0.25) is 0 Å². The average Bonchev–Trinajstić information content (AvgIpc) is 2.41. The van der Waals surface area contributed by atoms with E-state index in [4.69, 9.17) is 9.84 Å². The topological polar surface area (TPSA) is 83.8 Å². The number of hydrogen-bond donors (Lipinski definition) is 2. The van der Waals surface area contributed by atoms with Gasteiger partial charge >= 0.3 is 11.9 Å². The van der Waals surface area contributed by atoms with Crippen LogP contribution >= 0.6 is 0 Å². The molecule has 20 heavy (non-hydrogen) atoms. The van der Waals surface area contributed by atoms with Crippen molar-refractivity contribution in [2.75, 3.05) is 13.2 Å². The molecule has 0 heterocycles. The van der Waals surface area contributed by atoms with Crippen molar-refractivity contribution in [1.29, 1.82) is 0 Å². The molecule has 0 rings (SSSR count). The van der Waals surface area contributed by atoms with Gasteiger partial charge < -0.3 is 14.9 Å². The Morgan fingerprint density at radius 3 is 2.35 bits per heavy atom. The summed E-state index contributed by atoms with van der Waals surface area (Å²) >= 11 is 0. The molecular weight excluding hydrogens is 260 g/mol. The highest BCUT2D eigenvalue weighted by atomic mass is 16.5. The highest BCUT2D eigenvalue weighted by Crippen LogP contribution is 2.12. The maximum atomic E-state index is 11.4. The Morgan fingerprint density at radius 1 is 1.05 bits per heavy atom. The van der Waals surface area contributed by atoms with Gasteiger partial charge in [-0.1, -0.05) is 32.6 Å². The summed E-state index contributed by atoms with van der Waals surface area (Å²) in [5.74, 6) is -0.998. The van der Waals surface area contributed by atoms with E-state index in [1.165, 1.54) is 0 Å². The van der Waals surface area contributed by atoms with Crippen molar-refractivity contribution in [3.63, 3.8) is 0 Å². The molecule has 0 aliphatic rings. The normalized spacial score (nSPS) is 12.1. The van der Waals surface area contributed by atoms with E-state index in [9.17, 15) is 14.7 Å². The molecule has 0 aliphatic carbocycles. The van der Waals surface area contributed by atoms with Crippen molar-refractivity contribution in [3.05, 3.63) is 0 Å². The summed E-state index contributed by atoms with van der Waals surface area (Å²) in [6.07, 6.45) is 6.70. The monoisotopic (exact) mass is 288 g/mol. The standard InChI is InChI=1S/C15H28O5/c1-2-3-5-10-15(19)20-12-13(11-16)8-6-4-7-9-14(17)18/h13,16H,2-12H2,1H3,(H,17,18). The van der Waals surface area contributed by atoms with E-state index in [-0.39, 0.29) is 31.5 Å². The van der Waals surface area contributed by atoms with Gasteiger partial charge in [0.05, 0.1) is 6.61 Å². The molecular formula is C15H28O5. The maximum absolute atomic E-state index is 11.4. The molecule has 118 valence electrons. The summed E-state index contributed by atoms with van der Waals surface area (Å²) < 4.78 is 5.14. The first-order valence-electron chi connectivity index (χ1n) is 7.58. The van der Waals surface area contributed by atoms with Crippen molar-refractivity contribution in [2.45, 2.75) is 64.7 Å². The zero-order valence-corrected chi connectivity index (χ0v) is 12.5. The third-order valence-corrected chi connectivity index (χ3v) is 3.23. The van der Waals surface area contributed by atoms with Crippen LogP contribution in [0.5, 0.6) is 0 Å². The van der Waals surface area contributed by atoms with Gasteiger partial charge in [-0.05, 0) is 19.3 Å². The highest BCUT2D eigenvalue weighted by Gasteiger charge is 2.11. The van der Waals surface area contributed by atoms with E-state index in [0.717, 1.165) is 38.5 Å². The molecule has 0 aliphatic heterocycles. The Balaban J connectivity index is 3.60. The van der Waals surface area contributed by atoms with Gasteiger partial charge in [-0.2, -0.15) is 0 Å². The predicted octanol–water partition coefficient (Wildman–Crippen LogP) is 2.75. The van der Waals surface area contributed by atoms with Crippen molar-refractivity contribution in [3.8, 4) is 0 Å².